The number of methoxy groups -OCH3 is 1. The van der Waals surface area contributed by atoms with Crippen LogP contribution in [0.3, 0.4) is 0 Å². The molecule has 0 aliphatic rings. The van der Waals surface area contributed by atoms with Crippen LogP contribution in [0.4, 0.5) is 11.4 Å². The Kier molecular flexibility index (Phi) is 8.52. The van der Waals surface area contributed by atoms with E-state index in [4.69, 9.17) is 32.7 Å². The Morgan fingerprint density at radius 2 is 1.68 bits per heavy atom. The fourth-order valence-electron chi connectivity index (χ4n) is 2.80. The normalized spacial score (nSPS) is 10.7. The van der Waals surface area contributed by atoms with E-state index in [1.165, 1.54) is 12.1 Å². The molecule has 0 heterocycles. The SMILES string of the molecule is COc1ccc(NC(=O)C(C#N)=Cc2cccc(OCC(=O)Nc3ccc(Cl)c(Cl)c3)c2)cc1. The molecule has 0 atom stereocenters. The fraction of sp³-hybridized carbons (Fsp3) is 0.0800. The summed E-state index contributed by atoms with van der Waals surface area (Å²) < 4.78 is 10.6. The fourth-order valence-corrected chi connectivity index (χ4v) is 3.10. The van der Waals surface area contributed by atoms with E-state index in [2.05, 4.69) is 10.6 Å². The summed E-state index contributed by atoms with van der Waals surface area (Å²) in [5.41, 5.74) is 1.48. The van der Waals surface area contributed by atoms with Crippen LogP contribution in [0.1, 0.15) is 5.56 Å². The Morgan fingerprint density at radius 1 is 0.941 bits per heavy atom. The van der Waals surface area contributed by atoms with E-state index in [-0.39, 0.29) is 12.2 Å². The van der Waals surface area contributed by atoms with Gasteiger partial charge in [-0.3, -0.25) is 9.59 Å². The van der Waals surface area contributed by atoms with Gasteiger partial charge in [0, 0.05) is 11.4 Å². The van der Waals surface area contributed by atoms with Crippen LogP contribution in [0.5, 0.6) is 11.5 Å². The van der Waals surface area contributed by atoms with Gasteiger partial charge in [0.25, 0.3) is 11.8 Å². The third-order valence-corrected chi connectivity index (χ3v) is 5.19. The molecule has 0 aromatic heterocycles. The lowest BCUT2D eigenvalue weighted by atomic mass is 10.1. The largest absolute Gasteiger partial charge is 0.497 e. The highest BCUT2D eigenvalue weighted by Crippen LogP contribution is 2.25. The number of nitrogens with zero attached hydrogens (tertiary/aromatic N) is 1. The number of halogens is 2. The molecule has 0 fully saturated rings. The van der Waals surface area contributed by atoms with Gasteiger partial charge in [0.1, 0.15) is 23.1 Å². The molecule has 3 aromatic rings. The minimum atomic E-state index is -0.556. The lowest BCUT2D eigenvalue weighted by Gasteiger charge is -2.09. The van der Waals surface area contributed by atoms with Gasteiger partial charge in [-0.05, 0) is 66.2 Å². The first-order chi connectivity index (χ1) is 16.4. The van der Waals surface area contributed by atoms with Gasteiger partial charge in [0.2, 0.25) is 0 Å². The minimum Gasteiger partial charge on any atom is -0.497 e. The molecule has 2 amide bonds. The zero-order valence-electron chi connectivity index (χ0n) is 18.0. The van der Waals surface area contributed by atoms with Crippen molar-refractivity contribution >= 4 is 52.5 Å². The maximum absolute atomic E-state index is 12.5. The van der Waals surface area contributed by atoms with E-state index in [0.717, 1.165) is 0 Å². The lowest BCUT2D eigenvalue weighted by Crippen LogP contribution is -2.20. The number of anilines is 2. The van der Waals surface area contributed by atoms with Gasteiger partial charge < -0.3 is 20.1 Å². The first-order valence-corrected chi connectivity index (χ1v) is 10.7. The number of hydrogen-bond acceptors (Lipinski definition) is 5. The molecule has 34 heavy (non-hydrogen) atoms. The van der Waals surface area contributed by atoms with E-state index >= 15 is 0 Å². The zero-order chi connectivity index (χ0) is 24.5. The predicted octanol–water partition coefficient (Wildman–Crippen LogP) is 5.57. The molecule has 0 aliphatic carbocycles. The number of rotatable bonds is 8. The lowest BCUT2D eigenvalue weighted by molar-refractivity contribution is -0.118. The summed E-state index contributed by atoms with van der Waals surface area (Å²) in [6, 6.07) is 20.0. The van der Waals surface area contributed by atoms with Crippen molar-refractivity contribution in [2.45, 2.75) is 0 Å². The molecule has 0 spiro atoms. The number of carbonyl (C=O) groups is 2. The van der Waals surface area contributed by atoms with Crippen LogP contribution in [0.2, 0.25) is 10.0 Å². The highest BCUT2D eigenvalue weighted by Gasteiger charge is 2.11. The van der Waals surface area contributed by atoms with E-state index < -0.39 is 11.8 Å². The summed E-state index contributed by atoms with van der Waals surface area (Å²) in [5, 5.41) is 15.5. The van der Waals surface area contributed by atoms with Crippen molar-refractivity contribution < 1.29 is 19.1 Å². The summed E-state index contributed by atoms with van der Waals surface area (Å²) in [6.07, 6.45) is 1.43. The predicted molar refractivity (Wildman–Crippen MR) is 132 cm³/mol. The van der Waals surface area contributed by atoms with Crippen LogP contribution in [0.25, 0.3) is 6.08 Å². The van der Waals surface area contributed by atoms with Gasteiger partial charge in [-0.15, -0.1) is 0 Å². The monoisotopic (exact) mass is 495 g/mol. The second-order valence-corrected chi connectivity index (χ2v) is 7.71. The van der Waals surface area contributed by atoms with Crippen molar-refractivity contribution in [2.24, 2.45) is 0 Å². The molecule has 7 nitrogen and oxygen atoms in total. The Bertz CT molecular complexity index is 1270. The third-order valence-electron chi connectivity index (χ3n) is 4.46. The molecule has 3 rings (SSSR count). The quantitative estimate of drug-likeness (QED) is 0.314. The number of ether oxygens (including phenoxy) is 2. The molecule has 0 saturated carbocycles. The van der Waals surface area contributed by atoms with Crippen molar-refractivity contribution in [3.63, 3.8) is 0 Å². The first-order valence-electron chi connectivity index (χ1n) is 9.93. The standard InChI is InChI=1S/C25H19Cl2N3O4/c1-33-20-8-5-18(6-9-20)30-25(32)17(14-28)11-16-3-2-4-21(12-16)34-15-24(31)29-19-7-10-22(26)23(27)13-19/h2-13H,15H2,1H3,(H,29,31)(H,30,32). The van der Waals surface area contributed by atoms with Crippen LogP contribution in [-0.2, 0) is 9.59 Å². The number of amides is 2. The summed E-state index contributed by atoms with van der Waals surface area (Å²) in [6.45, 7) is -0.253. The van der Waals surface area contributed by atoms with Crippen molar-refractivity contribution in [2.75, 3.05) is 24.4 Å². The van der Waals surface area contributed by atoms with Crippen LogP contribution < -0.4 is 20.1 Å². The van der Waals surface area contributed by atoms with Crippen LogP contribution in [0, 0.1) is 11.3 Å². The number of hydrogen-bond donors (Lipinski definition) is 2. The Morgan fingerprint density at radius 3 is 2.35 bits per heavy atom. The zero-order valence-corrected chi connectivity index (χ0v) is 19.5. The Labute approximate surface area is 206 Å². The number of benzene rings is 3. The molecule has 3 aromatic carbocycles. The third kappa shape index (κ3) is 7.01. The molecule has 0 unspecified atom stereocenters. The van der Waals surface area contributed by atoms with E-state index in [0.29, 0.717) is 38.5 Å². The van der Waals surface area contributed by atoms with Crippen molar-refractivity contribution in [1.29, 1.82) is 5.26 Å². The highest BCUT2D eigenvalue weighted by atomic mass is 35.5. The summed E-state index contributed by atoms with van der Waals surface area (Å²) in [7, 11) is 1.55. The molecule has 172 valence electrons. The topological polar surface area (TPSA) is 100 Å². The smallest absolute Gasteiger partial charge is 0.266 e. The molecule has 2 N–H and O–H groups in total. The van der Waals surface area contributed by atoms with Crippen LogP contribution in [-0.4, -0.2) is 25.5 Å². The summed E-state index contributed by atoms with van der Waals surface area (Å²) in [5.74, 6) is 0.0957. The van der Waals surface area contributed by atoms with Crippen molar-refractivity contribution in [1.82, 2.24) is 0 Å². The van der Waals surface area contributed by atoms with Crippen LogP contribution >= 0.6 is 23.2 Å². The number of nitriles is 1. The van der Waals surface area contributed by atoms with Crippen molar-refractivity contribution in [3.05, 3.63) is 87.9 Å². The molecular formula is C25H19Cl2N3O4. The molecule has 0 radical (unpaired) electrons. The van der Waals surface area contributed by atoms with Gasteiger partial charge >= 0.3 is 0 Å². The average molecular weight is 496 g/mol. The van der Waals surface area contributed by atoms with E-state index in [9.17, 15) is 14.9 Å². The average Bonchev–Trinajstić information content (AvgIpc) is 2.84. The second-order valence-electron chi connectivity index (χ2n) is 6.89. The van der Waals surface area contributed by atoms with Crippen molar-refractivity contribution in [3.8, 4) is 17.6 Å². The first kappa shape index (κ1) is 24.6. The number of carbonyl (C=O) groups excluding carboxylic acids is 2. The van der Waals surface area contributed by atoms with Gasteiger partial charge in [-0.2, -0.15) is 5.26 Å². The molecule has 0 aliphatic heterocycles. The minimum absolute atomic E-state index is 0.0923. The maximum atomic E-state index is 12.5. The Balaban J connectivity index is 1.62. The molecular weight excluding hydrogens is 477 g/mol. The van der Waals surface area contributed by atoms with E-state index in [1.54, 1.807) is 67.8 Å². The van der Waals surface area contributed by atoms with Gasteiger partial charge in [0.15, 0.2) is 6.61 Å². The van der Waals surface area contributed by atoms with E-state index in [1.807, 2.05) is 6.07 Å². The van der Waals surface area contributed by atoms with Gasteiger partial charge in [-0.1, -0.05) is 35.3 Å². The molecule has 0 bridgehead atoms. The van der Waals surface area contributed by atoms with Gasteiger partial charge in [0.05, 0.1) is 17.2 Å². The molecule has 0 saturated heterocycles. The summed E-state index contributed by atoms with van der Waals surface area (Å²) >= 11 is 11.8. The highest BCUT2D eigenvalue weighted by molar-refractivity contribution is 6.42. The van der Waals surface area contributed by atoms with Gasteiger partial charge in [-0.25, -0.2) is 0 Å². The maximum Gasteiger partial charge on any atom is 0.266 e. The Hall–Kier alpha value is -3.99. The number of nitrogens with one attached hydrogen (secondary N) is 2. The second kappa shape index (κ2) is 11.8. The molecule has 9 heteroatoms. The van der Waals surface area contributed by atoms with Crippen LogP contribution in [0.15, 0.2) is 72.3 Å². The summed E-state index contributed by atoms with van der Waals surface area (Å²) in [4.78, 5) is 24.7.